The zero-order chi connectivity index (χ0) is 13.5. The molecule has 4 heteroatoms. The summed E-state index contributed by atoms with van der Waals surface area (Å²) in [5.41, 5.74) is 8.51. The van der Waals surface area contributed by atoms with E-state index in [1.165, 1.54) is 0 Å². The normalized spacial score (nSPS) is 10.2. The van der Waals surface area contributed by atoms with Crippen LogP contribution in [-0.4, -0.2) is 25.6 Å². The molecule has 0 spiro atoms. The smallest absolute Gasteiger partial charge is 0.224 e. The van der Waals surface area contributed by atoms with Crippen LogP contribution in [0.3, 0.4) is 0 Å². The molecule has 0 bridgehead atoms. The first kappa shape index (κ1) is 14.5. The van der Waals surface area contributed by atoms with Crippen LogP contribution in [0.5, 0.6) is 5.75 Å². The molecule has 0 heterocycles. The SMILES string of the molecule is CCOc1cc(C)c(CC(=O)NCCN)cc1C. The number of benzene rings is 1. The Hall–Kier alpha value is -1.55. The number of ether oxygens (including phenoxy) is 1. The summed E-state index contributed by atoms with van der Waals surface area (Å²) in [5, 5.41) is 2.77. The van der Waals surface area contributed by atoms with E-state index in [-0.39, 0.29) is 5.91 Å². The van der Waals surface area contributed by atoms with Gasteiger partial charge in [0.25, 0.3) is 0 Å². The second-order valence-electron chi connectivity index (χ2n) is 4.29. The molecule has 0 aromatic heterocycles. The highest BCUT2D eigenvalue weighted by Crippen LogP contribution is 2.23. The van der Waals surface area contributed by atoms with Crippen molar-refractivity contribution in [2.75, 3.05) is 19.7 Å². The highest BCUT2D eigenvalue weighted by molar-refractivity contribution is 5.79. The van der Waals surface area contributed by atoms with Gasteiger partial charge >= 0.3 is 0 Å². The van der Waals surface area contributed by atoms with Crippen LogP contribution in [0, 0.1) is 13.8 Å². The van der Waals surface area contributed by atoms with E-state index in [4.69, 9.17) is 10.5 Å². The number of hydrogen-bond acceptors (Lipinski definition) is 3. The predicted octanol–water partition coefficient (Wildman–Crippen LogP) is 1.32. The third kappa shape index (κ3) is 4.04. The Morgan fingerprint density at radius 2 is 2.06 bits per heavy atom. The summed E-state index contributed by atoms with van der Waals surface area (Å²) in [7, 11) is 0. The van der Waals surface area contributed by atoms with Crippen LogP contribution in [0.1, 0.15) is 23.6 Å². The van der Waals surface area contributed by atoms with Gasteiger partial charge in [0.1, 0.15) is 5.75 Å². The van der Waals surface area contributed by atoms with Crippen molar-refractivity contribution >= 4 is 5.91 Å². The Bertz CT molecular complexity index is 417. The lowest BCUT2D eigenvalue weighted by Gasteiger charge is -2.12. The monoisotopic (exact) mass is 250 g/mol. The van der Waals surface area contributed by atoms with Crippen LogP contribution in [0.15, 0.2) is 12.1 Å². The molecular weight excluding hydrogens is 228 g/mol. The fraction of sp³-hybridized carbons (Fsp3) is 0.500. The van der Waals surface area contributed by atoms with E-state index >= 15 is 0 Å². The van der Waals surface area contributed by atoms with Gasteiger partial charge in [0.05, 0.1) is 13.0 Å². The van der Waals surface area contributed by atoms with Crippen molar-refractivity contribution in [2.45, 2.75) is 27.2 Å². The second-order valence-corrected chi connectivity index (χ2v) is 4.29. The minimum atomic E-state index is 0.00658. The van der Waals surface area contributed by atoms with E-state index in [2.05, 4.69) is 5.32 Å². The van der Waals surface area contributed by atoms with Crippen molar-refractivity contribution in [3.8, 4) is 5.75 Å². The molecule has 0 aliphatic heterocycles. The molecule has 100 valence electrons. The topological polar surface area (TPSA) is 64.3 Å². The van der Waals surface area contributed by atoms with Gasteiger partial charge in [-0.2, -0.15) is 0 Å². The van der Waals surface area contributed by atoms with Crippen molar-refractivity contribution in [3.05, 3.63) is 28.8 Å². The quantitative estimate of drug-likeness (QED) is 0.800. The molecule has 4 nitrogen and oxygen atoms in total. The molecule has 0 saturated heterocycles. The van der Waals surface area contributed by atoms with E-state index < -0.39 is 0 Å². The lowest BCUT2D eigenvalue weighted by atomic mass is 10.0. The summed E-state index contributed by atoms with van der Waals surface area (Å²) in [6, 6.07) is 4.01. The average molecular weight is 250 g/mol. The maximum Gasteiger partial charge on any atom is 0.224 e. The molecule has 0 saturated carbocycles. The van der Waals surface area contributed by atoms with Gasteiger partial charge in [-0.1, -0.05) is 6.07 Å². The zero-order valence-electron chi connectivity index (χ0n) is 11.4. The first-order valence-corrected chi connectivity index (χ1v) is 6.28. The molecule has 0 fully saturated rings. The van der Waals surface area contributed by atoms with E-state index in [0.717, 1.165) is 22.4 Å². The maximum absolute atomic E-state index is 11.6. The van der Waals surface area contributed by atoms with Gasteiger partial charge in [-0.05, 0) is 43.5 Å². The van der Waals surface area contributed by atoms with E-state index in [1.807, 2.05) is 32.9 Å². The van der Waals surface area contributed by atoms with Crippen molar-refractivity contribution < 1.29 is 9.53 Å². The van der Waals surface area contributed by atoms with Gasteiger partial charge in [-0.15, -0.1) is 0 Å². The number of carbonyl (C=O) groups excluding carboxylic acids is 1. The zero-order valence-corrected chi connectivity index (χ0v) is 11.4. The molecule has 0 aliphatic carbocycles. The Morgan fingerprint density at radius 1 is 1.33 bits per heavy atom. The minimum absolute atomic E-state index is 0.00658. The summed E-state index contributed by atoms with van der Waals surface area (Å²) >= 11 is 0. The van der Waals surface area contributed by atoms with Gasteiger partial charge in [-0.25, -0.2) is 0 Å². The number of nitrogens with two attached hydrogens (primary N) is 1. The fourth-order valence-corrected chi connectivity index (χ4v) is 1.80. The Morgan fingerprint density at radius 3 is 2.67 bits per heavy atom. The molecule has 0 atom stereocenters. The number of nitrogens with one attached hydrogen (secondary N) is 1. The van der Waals surface area contributed by atoms with Gasteiger partial charge in [-0.3, -0.25) is 4.79 Å². The van der Waals surface area contributed by atoms with Crippen LogP contribution in [-0.2, 0) is 11.2 Å². The molecular formula is C14H22N2O2. The summed E-state index contributed by atoms with van der Waals surface area (Å²) in [6.45, 7) is 7.58. The van der Waals surface area contributed by atoms with Crippen molar-refractivity contribution in [2.24, 2.45) is 5.73 Å². The van der Waals surface area contributed by atoms with Crippen LogP contribution in [0.4, 0.5) is 0 Å². The molecule has 0 unspecified atom stereocenters. The largest absolute Gasteiger partial charge is 0.494 e. The third-order valence-electron chi connectivity index (χ3n) is 2.75. The van der Waals surface area contributed by atoms with E-state index in [0.29, 0.717) is 26.1 Å². The summed E-state index contributed by atoms with van der Waals surface area (Å²) in [6.07, 6.45) is 0.388. The molecule has 0 radical (unpaired) electrons. The van der Waals surface area contributed by atoms with Crippen LogP contribution in [0.2, 0.25) is 0 Å². The van der Waals surface area contributed by atoms with E-state index in [1.54, 1.807) is 0 Å². The minimum Gasteiger partial charge on any atom is -0.494 e. The number of aryl methyl sites for hydroxylation is 2. The Balaban J connectivity index is 2.78. The molecule has 18 heavy (non-hydrogen) atoms. The first-order valence-electron chi connectivity index (χ1n) is 6.28. The fourth-order valence-electron chi connectivity index (χ4n) is 1.80. The number of rotatable bonds is 6. The average Bonchev–Trinajstić information content (AvgIpc) is 2.33. The Labute approximate surface area is 109 Å². The number of carbonyl (C=O) groups is 1. The predicted molar refractivity (Wildman–Crippen MR) is 72.9 cm³/mol. The molecule has 1 aromatic carbocycles. The van der Waals surface area contributed by atoms with Gasteiger partial charge in [0.2, 0.25) is 5.91 Å². The summed E-state index contributed by atoms with van der Waals surface area (Å²) in [5.74, 6) is 0.897. The first-order chi connectivity index (χ1) is 8.58. The van der Waals surface area contributed by atoms with Gasteiger partial charge in [0, 0.05) is 13.1 Å². The molecule has 1 amide bonds. The van der Waals surface area contributed by atoms with Crippen LogP contribution in [0.25, 0.3) is 0 Å². The summed E-state index contributed by atoms with van der Waals surface area (Å²) in [4.78, 5) is 11.6. The molecule has 1 rings (SSSR count). The standard InChI is InChI=1S/C14H22N2O2/c1-4-18-13-8-10(2)12(7-11(13)3)9-14(17)16-6-5-15/h7-8H,4-6,9,15H2,1-3H3,(H,16,17). The van der Waals surface area contributed by atoms with Crippen molar-refractivity contribution in [1.29, 1.82) is 0 Å². The highest BCUT2D eigenvalue weighted by atomic mass is 16.5. The van der Waals surface area contributed by atoms with Crippen LogP contribution < -0.4 is 15.8 Å². The van der Waals surface area contributed by atoms with Crippen LogP contribution >= 0.6 is 0 Å². The number of amides is 1. The maximum atomic E-state index is 11.6. The lowest BCUT2D eigenvalue weighted by molar-refractivity contribution is -0.120. The van der Waals surface area contributed by atoms with Crippen molar-refractivity contribution in [3.63, 3.8) is 0 Å². The van der Waals surface area contributed by atoms with Gasteiger partial charge in [0.15, 0.2) is 0 Å². The molecule has 0 aliphatic rings. The second kappa shape index (κ2) is 7.01. The highest BCUT2D eigenvalue weighted by Gasteiger charge is 2.09. The van der Waals surface area contributed by atoms with E-state index in [9.17, 15) is 4.79 Å². The number of hydrogen-bond donors (Lipinski definition) is 2. The molecule has 3 N–H and O–H groups in total. The lowest BCUT2D eigenvalue weighted by Crippen LogP contribution is -2.30. The summed E-state index contributed by atoms with van der Waals surface area (Å²) < 4.78 is 5.53. The molecule has 1 aromatic rings. The Kier molecular flexibility index (Phi) is 5.65. The third-order valence-corrected chi connectivity index (χ3v) is 2.75. The van der Waals surface area contributed by atoms with Gasteiger partial charge < -0.3 is 15.8 Å². The van der Waals surface area contributed by atoms with Crippen molar-refractivity contribution in [1.82, 2.24) is 5.32 Å².